The Morgan fingerprint density at radius 1 is 0.897 bits per heavy atom. The molecule has 0 spiro atoms. The van der Waals surface area contributed by atoms with E-state index in [1.807, 2.05) is 39.0 Å². The molecule has 0 saturated heterocycles. The molecule has 29 heavy (non-hydrogen) atoms. The number of amides is 1. The Kier molecular flexibility index (Phi) is 5.08. The van der Waals surface area contributed by atoms with Gasteiger partial charge in [-0.05, 0) is 50.1 Å². The molecule has 6 nitrogen and oxygen atoms in total. The molecule has 2 aromatic carbocycles. The Bertz CT molecular complexity index is 1060. The van der Waals surface area contributed by atoms with Gasteiger partial charge >= 0.3 is 0 Å². The maximum atomic E-state index is 12.8. The lowest BCUT2D eigenvalue weighted by molar-refractivity contribution is 0.102. The van der Waals surface area contributed by atoms with Gasteiger partial charge in [-0.25, -0.2) is 0 Å². The molecule has 0 saturated carbocycles. The minimum Gasteiger partial charge on any atom is -0.486 e. The fourth-order valence-corrected chi connectivity index (χ4v) is 3.48. The van der Waals surface area contributed by atoms with Crippen LogP contribution >= 0.6 is 0 Å². The molecule has 0 bridgehead atoms. The summed E-state index contributed by atoms with van der Waals surface area (Å²) in [6.07, 6.45) is 3.24. The number of carbonyl (C=O) groups is 1. The zero-order valence-corrected chi connectivity index (χ0v) is 16.7. The second kappa shape index (κ2) is 7.83. The fraction of sp³-hybridized carbons (Fsp3) is 0.217. The third-order valence-corrected chi connectivity index (χ3v) is 4.75. The van der Waals surface area contributed by atoms with Crippen LogP contribution < -0.4 is 20.1 Å². The molecule has 1 aromatic heterocycles. The monoisotopic (exact) mass is 389 g/mol. The van der Waals surface area contributed by atoms with Crippen LogP contribution in [0.4, 0.5) is 17.1 Å². The zero-order valence-electron chi connectivity index (χ0n) is 16.7. The van der Waals surface area contributed by atoms with E-state index in [-0.39, 0.29) is 5.91 Å². The predicted molar refractivity (Wildman–Crippen MR) is 114 cm³/mol. The minimum absolute atomic E-state index is 0.196. The number of pyridine rings is 1. The molecule has 1 aliphatic heterocycles. The van der Waals surface area contributed by atoms with Gasteiger partial charge in [0.1, 0.15) is 13.2 Å². The van der Waals surface area contributed by atoms with Crippen molar-refractivity contribution < 1.29 is 14.3 Å². The van der Waals surface area contributed by atoms with Gasteiger partial charge in [0.15, 0.2) is 11.5 Å². The summed E-state index contributed by atoms with van der Waals surface area (Å²) < 4.78 is 11.2. The van der Waals surface area contributed by atoms with E-state index in [9.17, 15) is 4.79 Å². The van der Waals surface area contributed by atoms with Crippen LogP contribution in [-0.4, -0.2) is 24.1 Å². The van der Waals surface area contributed by atoms with Crippen LogP contribution in [0.25, 0.3) is 0 Å². The number of nitrogens with zero attached hydrogens (tertiary/aromatic N) is 1. The fourth-order valence-electron chi connectivity index (χ4n) is 3.48. The summed E-state index contributed by atoms with van der Waals surface area (Å²) in [4.78, 5) is 17.0. The lowest BCUT2D eigenvalue weighted by atomic mass is 10.0. The van der Waals surface area contributed by atoms with Crippen LogP contribution in [0.3, 0.4) is 0 Å². The SMILES string of the molecule is Cc1cc(C)c(NC(=O)c2cncc(Nc3ccc4c(c3)OCCO4)c2)c(C)c1. The smallest absolute Gasteiger partial charge is 0.257 e. The van der Waals surface area contributed by atoms with E-state index in [4.69, 9.17) is 9.47 Å². The van der Waals surface area contributed by atoms with Crippen LogP contribution in [0.2, 0.25) is 0 Å². The summed E-state index contributed by atoms with van der Waals surface area (Å²) in [5.74, 6) is 1.24. The van der Waals surface area contributed by atoms with Crippen LogP contribution in [-0.2, 0) is 0 Å². The van der Waals surface area contributed by atoms with Crippen molar-refractivity contribution in [2.45, 2.75) is 20.8 Å². The van der Waals surface area contributed by atoms with Crippen LogP contribution in [0.1, 0.15) is 27.0 Å². The number of aromatic nitrogens is 1. The van der Waals surface area contributed by atoms with Crippen molar-refractivity contribution in [3.05, 3.63) is 71.0 Å². The molecule has 148 valence electrons. The van der Waals surface area contributed by atoms with Gasteiger partial charge in [-0.15, -0.1) is 0 Å². The zero-order chi connectivity index (χ0) is 20.4. The molecule has 0 radical (unpaired) electrons. The first-order chi connectivity index (χ1) is 14.0. The van der Waals surface area contributed by atoms with E-state index < -0.39 is 0 Å². The lowest BCUT2D eigenvalue weighted by Gasteiger charge is -2.19. The van der Waals surface area contributed by atoms with Crippen molar-refractivity contribution in [2.24, 2.45) is 0 Å². The van der Waals surface area contributed by atoms with Crippen LogP contribution in [0.15, 0.2) is 48.8 Å². The highest BCUT2D eigenvalue weighted by Gasteiger charge is 2.14. The van der Waals surface area contributed by atoms with Gasteiger partial charge in [-0.2, -0.15) is 0 Å². The summed E-state index contributed by atoms with van der Waals surface area (Å²) in [5.41, 5.74) is 6.11. The van der Waals surface area contributed by atoms with Gasteiger partial charge in [-0.3, -0.25) is 9.78 Å². The predicted octanol–water partition coefficient (Wildman–Crippen LogP) is 4.77. The molecule has 0 aliphatic carbocycles. The molecule has 2 N–H and O–H groups in total. The number of aryl methyl sites for hydroxylation is 3. The molecule has 0 atom stereocenters. The van der Waals surface area contributed by atoms with Crippen molar-refractivity contribution in [1.82, 2.24) is 4.98 Å². The summed E-state index contributed by atoms with van der Waals surface area (Å²) >= 11 is 0. The van der Waals surface area contributed by atoms with Crippen molar-refractivity contribution >= 4 is 23.0 Å². The highest BCUT2D eigenvalue weighted by atomic mass is 16.6. The number of carbonyl (C=O) groups excluding carboxylic acids is 1. The Morgan fingerprint density at radius 3 is 2.38 bits per heavy atom. The normalized spacial score (nSPS) is 12.4. The lowest BCUT2D eigenvalue weighted by Crippen LogP contribution is -2.15. The van der Waals surface area contributed by atoms with E-state index >= 15 is 0 Å². The number of hydrogen-bond acceptors (Lipinski definition) is 5. The van der Waals surface area contributed by atoms with Gasteiger partial charge in [-0.1, -0.05) is 17.7 Å². The summed E-state index contributed by atoms with van der Waals surface area (Å²) in [7, 11) is 0. The summed E-state index contributed by atoms with van der Waals surface area (Å²) in [5, 5.41) is 6.28. The number of fused-ring (bicyclic) bond motifs is 1. The molecule has 4 rings (SSSR count). The average Bonchev–Trinajstić information content (AvgIpc) is 2.70. The first kappa shape index (κ1) is 18.8. The molecule has 0 fully saturated rings. The Balaban J connectivity index is 1.52. The summed E-state index contributed by atoms with van der Waals surface area (Å²) in [6.45, 7) is 7.12. The van der Waals surface area contributed by atoms with Gasteiger partial charge in [0.25, 0.3) is 5.91 Å². The van der Waals surface area contributed by atoms with E-state index in [2.05, 4.69) is 27.8 Å². The van der Waals surface area contributed by atoms with Crippen molar-refractivity contribution in [1.29, 1.82) is 0 Å². The first-order valence-electron chi connectivity index (χ1n) is 9.50. The van der Waals surface area contributed by atoms with Crippen LogP contribution in [0.5, 0.6) is 11.5 Å². The Labute approximate surface area is 169 Å². The maximum Gasteiger partial charge on any atom is 0.257 e. The average molecular weight is 389 g/mol. The first-order valence-corrected chi connectivity index (χ1v) is 9.50. The van der Waals surface area contributed by atoms with E-state index in [1.165, 1.54) is 5.56 Å². The van der Waals surface area contributed by atoms with Crippen molar-refractivity contribution in [3.63, 3.8) is 0 Å². The maximum absolute atomic E-state index is 12.8. The third kappa shape index (κ3) is 4.16. The molecular formula is C23H23N3O3. The van der Waals surface area contributed by atoms with Crippen molar-refractivity contribution in [2.75, 3.05) is 23.8 Å². The highest BCUT2D eigenvalue weighted by molar-refractivity contribution is 6.05. The number of nitrogens with one attached hydrogen (secondary N) is 2. The van der Waals surface area contributed by atoms with Gasteiger partial charge in [0.2, 0.25) is 0 Å². The molecule has 3 aromatic rings. The Hall–Kier alpha value is -3.54. The quantitative estimate of drug-likeness (QED) is 0.672. The molecular weight excluding hydrogens is 366 g/mol. The van der Waals surface area contributed by atoms with Gasteiger partial charge in [0, 0.05) is 23.6 Å². The molecule has 6 heteroatoms. The van der Waals surface area contributed by atoms with Gasteiger partial charge < -0.3 is 20.1 Å². The number of benzene rings is 2. The van der Waals surface area contributed by atoms with Crippen LogP contribution in [0, 0.1) is 20.8 Å². The Morgan fingerprint density at radius 2 is 1.62 bits per heavy atom. The van der Waals surface area contributed by atoms with E-state index in [1.54, 1.807) is 18.5 Å². The van der Waals surface area contributed by atoms with E-state index in [0.29, 0.717) is 30.2 Å². The van der Waals surface area contributed by atoms with Crippen molar-refractivity contribution in [3.8, 4) is 11.5 Å². The minimum atomic E-state index is -0.196. The second-order valence-electron chi connectivity index (χ2n) is 7.17. The standard InChI is InChI=1S/C23H23N3O3/c1-14-8-15(2)22(16(3)9-14)26-23(27)17-10-19(13-24-12-17)25-18-4-5-20-21(11-18)29-7-6-28-20/h4-5,8-13,25H,6-7H2,1-3H3,(H,26,27). The largest absolute Gasteiger partial charge is 0.486 e. The van der Waals surface area contributed by atoms with Gasteiger partial charge in [0.05, 0.1) is 17.4 Å². The molecule has 2 heterocycles. The third-order valence-electron chi connectivity index (χ3n) is 4.75. The second-order valence-corrected chi connectivity index (χ2v) is 7.17. The molecule has 1 aliphatic rings. The van der Waals surface area contributed by atoms with E-state index in [0.717, 1.165) is 28.3 Å². The number of hydrogen-bond donors (Lipinski definition) is 2. The number of rotatable bonds is 4. The molecule has 1 amide bonds. The highest BCUT2D eigenvalue weighted by Crippen LogP contribution is 2.33. The molecule has 0 unspecified atom stereocenters. The topological polar surface area (TPSA) is 72.5 Å². The number of ether oxygens (including phenoxy) is 2. The number of anilines is 3. The summed E-state index contributed by atoms with van der Waals surface area (Å²) in [6, 6.07) is 11.5.